The number of nitrogens with zero attached hydrogens (tertiary/aromatic N) is 1. The van der Waals surface area contributed by atoms with E-state index in [1.807, 2.05) is 6.92 Å². The number of benzene rings is 2. The monoisotopic (exact) mass is 423 g/mol. The van der Waals surface area contributed by atoms with Gasteiger partial charge >= 0.3 is 0 Å². The fourth-order valence-corrected chi connectivity index (χ4v) is 4.50. The van der Waals surface area contributed by atoms with Crippen LogP contribution in [0.25, 0.3) is 0 Å². The van der Waals surface area contributed by atoms with Crippen molar-refractivity contribution < 1.29 is 17.2 Å². The van der Waals surface area contributed by atoms with E-state index in [1.165, 1.54) is 6.07 Å². The predicted octanol–water partition coefficient (Wildman–Crippen LogP) is 3.20. The van der Waals surface area contributed by atoms with Crippen LogP contribution in [0.2, 0.25) is 0 Å². The second-order valence-corrected chi connectivity index (χ2v) is 9.15. The molecule has 0 unspecified atom stereocenters. The molecule has 29 heavy (non-hydrogen) atoms. The Balaban J connectivity index is 1.35. The van der Waals surface area contributed by atoms with Gasteiger partial charge in [-0.3, -0.25) is 0 Å². The summed E-state index contributed by atoms with van der Waals surface area (Å²) in [5.41, 5.74) is 1.72. The molecule has 1 fully saturated rings. The summed E-state index contributed by atoms with van der Waals surface area (Å²) < 4.78 is 53.6. The van der Waals surface area contributed by atoms with Crippen molar-refractivity contribution in [3.05, 3.63) is 59.7 Å². The molecule has 5 nitrogen and oxygen atoms in total. The topological polar surface area (TPSA) is 61.4 Å². The average Bonchev–Trinajstić information content (AvgIpc) is 2.70. The number of nitrogens with one attached hydrogen (secondary N) is 2. The summed E-state index contributed by atoms with van der Waals surface area (Å²) in [5, 5.41) is 3.45. The first-order valence-electron chi connectivity index (χ1n) is 9.85. The average molecular weight is 424 g/mol. The predicted molar refractivity (Wildman–Crippen MR) is 111 cm³/mol. The molecular formula is C21H27F2N3O2S. The van der Waals surface area contributed by atoms with Crippen molar-refractivity contribution in [1.29, 1.82) is 0 Å². The molecule has 2 aromatic carbocycles. The van der Waals surface area contributed by atoms with Gasteiger partial charge in [0.25, 0.3) is 0 Å². The highest BCUT2D eigenvalue weighted by molar-refractivity contribution is 7.89. The molecule has 0 bridgehead atoms. The minimum atomic E-state index is -3.47. The van der Waals surface area contributed by atoms with Crippen LogP contribution in [0.4, 0.5) is 14.5 Å². The number of hydrogen-bond donors (Lipinski definition) is 2. The van der Waals surface area contributed by atoms with Gasteiger partial charge in [0.05, 0.1) is 4.90 Å². The van der Waals surface area contributed by atoms with E-state index < -0.39 is 21.7 Å². The zero-order valence-corrected chi connectivity index (χ0v) is 17.3. The van der Waals surface area contributed by atoms with E-state index in [0.717, 1.165) is 37.6 Å². The van der Waals surface area contributed by atoms with Crippen LogP contribution < -0.4 is 14.9 Å². The Morgan fingerprint density at radius 1 is 1.00 bits per heavy atom. The Hall–Kier alpha value is -2.03. The van der Waals surface area contributed by atoms with Crippen LogP contribution in [0.3, 0.4) is 0 Å². The Morgan fingerprint density at radius 3 is 2.34 bits per heavy atom. The second kappa shape index (κ2) is 9.65. The van der Waals surface area contributed by atoms with E-state index in [-0.39, 0.29) is 4.90 Å². The van der Waals surface area contributed by atoms with Gasteiger partial charge in [-0.2, -0.15) is 0 Å². The van der Waals surface area contributed by atoms with Crippen molar-refractivity contribution in [1.82, 2.24) is 10.0 Å². The van der Waals surface area contributed by atoms with Crippen LogP contribution in [0.5, 0.6) is 0 Å². The first-order chi connectivity index (χ1) is 13.8. The van der Waals surface area contributed by atoms with Crippen molar-refractivity contribution in [2.45, 2.75) is 37.1 Å². The van der Waals surface area contributed by atoms with Crippen LogP contribution in [0, 0.1) is 18.6 Å². The smallest absolute Gasteiger partial charge is 0.240 e. The maximum absolute atomic E-state index is 13.4. The van der Waals surface area contributed by atoms with E-state index >= 15 is 0 Å². The molecule has 3 rings (SSSR count). The molecule has 1 heterocycles. The number of sulfonamides is 1. The highest BCUT2D eigenvalue weighted by Crippen LogP contribution is 2.22. The molecule has 2 aromatic rings. The molecule has 0 aromatic heterocycles. The molecule has 1 aliphatic heterocycles. The summed E-state index contributed by atoms with van der Waals surface area (Å²) in [6, 6.07) is 11.1. The molecule has 8 heteroatoms. The third-order valence-corrected chi connectivity index (χ3v) is 6.65. The molecule has 0 aliphatic carbocycles. The van der Waals surface area contributed by atoms with E-state index in [2.05, 4.69) is 14.9 Å². The highest BCUT2D eigenvalue weighted by atomic mass is 32.2. The van der Waals surface area contributed by atoms with E-state index in [9.17, 15) is 17.2 Å². The minimum absolute atomic E-state index is 0.278. The van der Waals surface area contributed by atoms with Crippen LogP contribution in [-0.2, 0) is 10.0 Å². The second-order valence-electron chi connectivity index (χ2n) is 7.38. The standard InChI is InChI=1S/C21H27F2N3O2S/c1-16-3-6-19(7-4-16)29(27,28)25-12-2-11-24-17-9-13-26(14-10-17)18-5-8-20(22)21(23)15-18/h3-8,15,17,24-25H,2,9-14H2,1H3. The summed E-state index contributed by atoms with van der Waals surface area (Å²) in [6.45, 7) is 4.53. The summed E-state index contributed by atoms with van der Waals surface area (Å²) in [5.74, 6) is -1.65. The summed E-state index contributed by atoms with van der Waals surface area (Å²) in [6.07, 6.45) is 2.48. The van der Waals surface area contributed by atoms with E-state index in [4.69, 9.17) is 0 Å². The molecule has 158 valence electrons. The third kappa shape index (κ3) is 5.98. The van der Waals surface area contributed by atoms with Crippen LogP contribution in [0.15, 0.2) is 47.4 Å². The zero-order valence-electron chi connectivity index (χ0n) is 16.5. The van der Waals surface area contributed by atoms with E-state index in [1.54, 1.807) is 30.3 Å². The Morgan fingerprint density at radius 2 is 1.69 bits per heavy atom. The molecule has 0 saturated carbocycles. The van der Waals surface area contributed by atoms with Gasteiger partial charge in [0.1, 0.15) is 0 Å². The van der Waals surface area contributed by atoms with Gasteiger partial charge in [0, 0.05) is 37.4 Å². The van der Waals surface area contributed by atoms with Crippen LogP contribution in [-0.4, -0.2) is 40.6 Å². The zero-order chi connectivity index (χ0) is 20.9. The number of hydrogen-bond acceptors (Lipinski definition) is 4. The maximum Gasteiger partial charge on any atom is 0.240 e. The summed E-state index contributed by atoms with van der Waals surface area (Å²) in [7, 11) is -3.47. The van der Waals surface area contributed by atoms with Crippen molar-refractivity contribution in [3.8, 4) is 0 Å². The molecule has 0 spiro atoms. The van der Waals surface area contributed by atoms with E-state index in [0.29, 0.717) is 31.2 Å². The third-order valence-electron chi connectivity index (χ3n) is 5.17. The quantitative estimate of drug-likeness (QED) is 0.640. The molecule has 1 aliphatic rings. The first-order valence-corrected chi connectivity index (χ1v) is 11.3. The highest BCUT2D eigenvalue weighted by Gasteiger charge is 2.20. The maximum atomic E-state index is 13.4. The molecule has 1 saturated heterocycles. The SMILES string of the molecule is Cc1ccc(S(=O)(=O)NCCCNC2CCN(c3ccc(F)c(F)c3)CC2)cc1. The first kappa shape index (κ1) is 21.7. The molecular weight excluding hydrogens is 396 g/mol. The molecule has 0 atom stereocenters. The normalized spacial score (nSPS) is 15.6. The lowest BCUT2D eigenvalue weighted by molar-refractivity contribution is 0.412. The van der Waals surface area contributed by atoms with Gasteiger partial charge in [-0.25, -0.2) is 21.9 Å². The molecule has 0 amide bonds. The Kier molecular flexibility index (Phi) is 7.21. The number of rotatable bonds is 8. The lowest BCUT2D eigenvalue weighted by Gasteiger charge is -2.34. The fourth-order valence-electron chi connectivity index (χ4n) is 3.43. The number of anilines is 1. The number of halogens is 2. The van der Waals surface area contributed by atoms with Crippen molar-refractivity contribution in [3.63, 3.8) is 0 Å². The van der Waals surface area contributed by atoms with Crippen molar-refractivity contribution in [2.24, 2.45) is 0 Å². The number of piperidine rings is 1. The summed E-state index contributed by atoms with van der Waals surface area (Å²) >= 11 is 0. The van der Waals surface area contributed by atoms with Gasteiger partial charge in [-0.1, -0.05) is 17.7 Å². The van der Waals surface area contributed by atoms with Crippen molar-refractivity contribution in [2.75, 3.05) is 31.1 Å². The van der Waals surface area contributed by atoms with Gasteiger partial charge in [0.15, 0.2) is 11.6 Å². The van der Waals surface area contributed by atoms with Crippen LogP contribution >= 0.6 is 0 Å². The van der Waals surface area contributed by atoms with Gasteiger partial charge < -0.3 is 10.2 Å². The Bertz CT molecular complexity index is 912. The number of aryl methyl sites for hydroxylation is 1. The van der Waals surface area contributed by atoms with Gasteiger partial charge in [0.2, 0.25) is 10.0 Å². The lowest BCUT2D eigenvalue weighted by Crippen LogP contribution is -2.43. The fraction of sp³-hybridized carbons (Fsp3) is 0.429. The minimum Gasteiger partial charge on any atom is -0.371 e. The molecule has 2 N–H and O–H groups in total. The Labute approximate surface area is 171 Å². The lowest BCUT2D eigenvalue weighted by atomic mass is 10.0. The van der Waals surface area contributed by atoms with Crippen molar-refractivity contribution >= 4 is 15.7 Å². The summed E-state index contributed by atoms with van der Waals surface area (Å²) in [4.78, 5) is 2.33. The molecule has 0 radical (unpaired) electrons. The van der Waals surface area contributed by atoms with Crippen LogP contribution in [0.1, 0.15) is 24.8 Å². The van der Waals surface area contributed by atoms with Gasteiger partial charge in [-0.15, -0.1) is 0 Å². The largest absolute Gasteiger partial charge is 0.371 e. The van der Waals surface area contributed by atoms with Gasteiger partial charge in [-0.05, 0) is 57.0 Å².